The molecule has 0 aliphatic carbocycles. The number of carbonyl (C=O) groups excluding carboxylic acids is 3. The Morgan fingerprint density at radius 3 is 1.18 bits per heavy atom. The lowest BCUT2D eigenvalue weighted by atomic mass is 9.86. The Morgan fingerprint density at radius 1 is 0.450 bits per heavy atom. The fourth-order valence-corrected chi connectivity index (χ4v) is 8.46. The summed E-state index contributed by atoms with van der Waals surface area (Å²) < 4.78 is 17.8. The highest BCUT2D eigenvalue weighted by atomic mass is 16.5. The van der Waals surface area contributed by atoms with Crippen LogP contribution in [0.4, 0.5) is 0 Å². The monoisotopic (exact) mass is 850 g/mol. The number of hydrogen-bond donors (Lipinski definition) is 0. The Balaban J connectivity index is 4.86. The molecule has 0 N–H and O–H groups in total. The van der Waals surface area contributed by atoms with Crippen LogP contribution >= 0.6 is 0 Å². The fourth-order valence-electron chi connectivity index (χ4n) is 8.46. The van der Waals surface area contributed by atoms with Gasteiger partial charge in [-0.3, -0.25) is 14.4 Å². The Hall–Kier alpha value is -1.63. The fraction of sp³-hybridized carbons (Fsp3) is 0.943. The first-order valence-electron chi connectivity index (χ1n) is 25.9. The maximum Gasteiger partial charge on any atom is 0.311 e. The highest BCUT2D eigenvalue weighted by Crippen LogP contribution is 2.30. The van der Waals surface area contributed by atoms with E-state index in [0.29, 0.717) is 31.5 Å². The van der Waals surface area contributed by atoms with Crippen LogP contribution in [0.5, 0.6) is 0 Å². The maximum atomic E-state index is 13.1. The van der Waals surface area contributed by atoms with E-state index in [9.17, 15) is 14.4 Å². The van der Waals surface area contributed by atoms with Crippen LogP contribution in [0.1, 0.15) is 261 Å². The van der Waals surface area contributed by atoms with Crippen molar-refractivity contribution in [3.05, 3.63) is 0 Å². The van der Waals surface area contributed by atoms with E-state index in [1.165, 1.54) is 116 Å². The molecule has 7 heteroatoms. The third-order valence-corrected chi connectivity index (χ3v) is 12.9. The number of hydrogen-bond acceptors (Lipinski definition) is 7. The second-order valence-corrected chi connectivity index (χ2v) is 20.3. The van der Waals surface area contributed by atoms with Crippen LogP contribution in [-0.2, 0) is 28.6 Å². The first-order chi connectivity index (χ1) is 28.7. The third kappa shape index (κ3) is 33.0. The van der Waals surface area contributed by atoms with Gasteiger partial charge in [-0.2, -0.15) is 0 Å². The molecule has 0 saturated carbocycles. The number of ether oxygens (including phenoxy) is 3. The van der Waals surface area contributed by atoms with Gasteiger partial charge in [-0.25, -0.2) is 0 Å². The van der Waals surface area contributed by atoms with Gasteiger partial charge in [0, 0.05) is 6.42 Å². The summed E-state index contributed by atoms with van der Waals surface area (Å²) in [6.45, 7) is 19.1. The number of nitrogens with zero attached hydrogens (tertiary/aromatic N) is 1. The van der Waals surface area contributed by atoms with Crippen molar-refractivity contribution in [3.8, 4) is 0 Å². The second kappa shape index (κ2) is 37.9. The maximum absolute atomic E-state index is 13.1. The zero-order chi connectivity index (χ0) is 44.9. The SMILES string of the molecule is CCCCCCC(CCCCC)CCOC(=O)C(C)(C)CCCCCC(CCCCCC(C)(C)C(=O)OCCC(CCCCC)CCCCCC)OC(=O)CCCN(C)C. The zero-order valence-electron chi connectivity index (χ0n) is 41.9. The van der Waals surface area contributed by atoms with Crippen LogP contribution in [0.15, 0.2) is 0 Å². The molecule has 0 aliphatic heterocycles. The number of rotatable bonds is 43. The highest BCUT2D eigenvalue weighted by molar-refractivity contribution is 5.76. The lowest BCUT2D eigenvalue weighted by Crippen LogP contribution is -2.27. The van der Waals surface area contributed by atoms with E-state index < -0.39 is 10.8 Å². The summed E-state index contributed by atoms with van der Waals surface area (Å²) in [4.78, 5) is 41.2. The van der Waals surface area contributed by atoms with E-state index in [1.807, 2.05) is 41.8 Å². The van der Waals surface area contributed by atoms with Gasteiger partial charge >= 0.3 is 17.9 Å². The molecule has 0 spiro atoms. The molecule has 0 aromatic carbocycles. The van der Waals surface area contributed by atoms with Crippen LogP contribution in [0.25, 0.3) is 0 Å². The quantitative estimate of drug-likeness (QED) is 0.0343. The lowest BCUT2D eigenvalue weighted by Gasteiger charge is -2.24. The van der Waals surface area contributed by atoms with E-state index in [-0.39, 0.29) is 24.0 Å². The average molecular weight is 850 g/mol. The molecule has 0 radical (unpaired) electrons. The summed E-state index contributed by atoms with van der Waals surface area (Å²) in [6, 6.07) is 0. The van der Waals surface area contributed by atoms with Gasteiger partial charge in [0.1, 0.15) is 6.10 Å². The van der Waals surface area contributed by atoms with Gasteiger partial charge in [0.05, 0.1) is 24.0 Å². The van der Waals surface area contributed by atoms with Crippen molar-refractivity contribution in [2.45, 2.75) is 267 Å². The van der Waals surface area contributed by atoms with Gasteiger partial charge in [-0.1, -0.05) is 169 Å². The van der Waals surface area contributed by atoms with E-state index in [1.54, 1.807) is 0 Å². The van der Waals surface area contributed by atoms with Gasteiger partial charge in [0.25, 0.3) is 0 Å². The highest BCUT2D eigenvalue weighted by Gasteiger charge is 2.30. The molecule has 0 bridgehead atoms. The Labute approximate surface area is 373 Å². The summed E-state index contributed by atoms with van der Waals surface area (Å²) in [7, 11) is 4.05. The van der Waals surface area contributed by atoms with Crippen molar-refractivity contribution in [1.29, 1.82) is 0 Å². The van der Waals surface area contributed by atoms with Gasteiger partial charge in [-0.05, 0) is 118 Å². The first-order valence-corrected chi connectivity index (χ1v) is 25.9. The summed E-state index contributed by atoms with van der Waals surface area (Å²) >= 11 is 0. The molecular formula is C53H103NO6. The Bertz CT molecular complexity index is 959. The first kappa shape index (κ1) is 58.4. The molecule has 0 heterocycles. The van der Waals surface area contributed by atoms with E-state index in [0.717, 1.165) is 90.0 Å². The Morgan fingerprint density at radius 2 is 0.800 bits per heavy atom. The summed E-state index contributed by atoms with van der Waals surface area (Å²) in [6.07, 6.45) is 35.2. The molecule has 0 saturated heterocycles. The number of esters is 3. The van der Waals surface area contributed by atoms with Gasteiger partial charge in [0.2, 0.25) is 0 Å². The molecular weight excluding hydrogens is 747 g/mol. The zero-order valence-corrected chi connectivity index (χ0v) is 41.9. The molecule has 0 fully saturated rings. The van der Waals surface area contributed by atoms with Gasteiger partial charge < -0.3 is 19.1 Å². The van der Waals surface area contributed by atoms with Crippen molar-refractivity contribution >= 4 is 17.9 Å². The molecule has 356 valence electrons. The molecule has 0 rings (SSSR count). The number of unbranched alkanes of at least 4 members (excludes halogenated alkanes) is 14. The molecule has 0 aliphatic rings. The van der Waals surface area contributed by atoms with Crippen LogP contribution in [0.3, 0.4) is 0 Å². The van der Waals surface area contributed by atoms with Crippen molar-refractivity contribution in [2.75, 3.05) is 33.9 Å². The number of carbonyl (C=O) groups is 3. The topological polar surface area (TPSA) is 82.1 Å². The lowest BCUT2D eigenvalue weighted by molar-refractivity contribution is -0.155. The van der Waals surface area contributed by atoms with Crippen molar-refractivity contribution in [3.63, 3.8) is 0 Å². The summed E-state index contributed by atoms with van der Waals surface area (Å²) in [5.74, 6) is 1.08. The van der Waals surface area contributed by atoms with Crippen LogP contribution in [0.2, 0.25) is 0 Å². The predicted molar refractivity (Wildman–Crippen MR) is 255 cm³/mol. The minimum Gasteiger partial charge on any atom is -0.465 e. The van der Waals surface area contributed by atoms with Crippen molar-refractivity contribution in [2.24, 2.45) is 22.7 Å². The minimum absolute atomic E-state index is 0.0682. The van der Waals surface area contributed by atoms with Crippen LogP contribution in [-0.4, -0.2) is 62.8 Å². The van der Waals surface area contributed by atoms with E-state index in [2.05, 4.69) is 32.6 Å². The summed E-state index contributed by atoms with van der Waals surface area (Å²) in [5, 5.41) is 0. The normalized spacial score (nSPS) is 13.7. The van der Waals surface area contributed by atoms with Crippen molar-refractivity contribution in [1.82, 2.24) is 4.90 Å². The molecule has 60 heavy (non-hydrogen) atoms. The Kier molecular flexibility index (Phi) is 36.9. The second-order valence-electron chi connectivity index (χ2n) is 20.3. The molecule has 2 unspecified atom stereocenters. The molecule has 7 nitrogen and oxygen atoms in total. The van der Waals surface area contributed by atoms with E-state index >= 15 is 0 Å². The predicted octanol–water partition coefficient (Wildman–Crippen LogP) is 15.4. The molecule has 0 aromatic rings. The van der Waals surface area contributed by atoms with Crippen LogP contribution < -0.4 is 0 Å². The largest absolute Gasteiger partial charge is 0.465 e. The minimum atomic E-state index is -0.498. The molecule has 0 amide bonds. The molecule has 2 atom stereocenters. The summed E-state index contributed by atoms with van der Waals surface area (Å²) in [5.41, 5.74) is -0.996. The van der Waals surface area contributed by atoms with Gasteiger partial charge in [0.15, 0.2) is 0 Å². The smallest absolute Gasteiger partial charge is 0.311 e. The van der Waals surface area contributed by atoms with Crippen LogP contribution in [0, 0.1) is 22.7 Å². The standard InChI is InChI=1S/C53H103NO6/c1-11-15-19-25-34-46(32-23-17-13-3)39-44-58-50(56)52(5,6)41-29-21-27-36-48(60-49(55)38-31-43-54(9)10)37-28-22-30-42-53(7,8)51(57)59-45-40-47(33-24-18-14-4)35-26-20-16-12-2/h46-48H,11-45H2,1-10H3. The van der Waals surface area contributed by atoms with E-state index in [4.69, 9.17) is 14.2 Å². The third-order valence-electron chi connectivity index (χ3n) is 12.9. The molecule has 0 aromatic heterocycles. The van der Waals surface area contributed by atoms with Gasteiger partial charge in [-0.15, -0.1) is 0 Å². The van der Waals surface area contributed by atoms with Crippen molar-refractivity contribution < 1.29 is 28.6 Å². The average Bonchev–Trinajstić information content (AvgIpc) is 3.20.